The van der Waals surface area contributed by atoms with E-state index < -0.39 is 0 Å². The number of ether oxygens (including phenoxy) is 2. The molecule has 1 saturated carbocycles. The van der Waals surface area contributed by atoms with Crippen molar-refractivity contribution < 1.29 is 14.3 Å². The molecular weight excluding hydrogens is 505 g/mol. The van der Waals surface area contributed by atoms with Crippen molar-refractivity contribution >= 4 is 57.6 Å². The van der Waals surface area contributed by atoms with Gasteiger partial charge < -0.3 is 9.47 Å². The zero-order valence-corrected chi connectivity index (χ0v) is 22.1. The molecule has 35 heavy (non-hydrogen) atoms. The van der Waals surface area contributed by atoms with Gasteiger partial charge in [-0.2, -0.15) is 4.99 Å². The van der Waals surface area contributed by atoms with Crippen molar-refractivity contribution in [3.8, 4) is 11.5 Å². The predicted molar refractivity (Wildman–Crippen MR) is 143 cm³/mol. The van der Waals surface area contributed by atoms with Crippen LogP contribution in [0.3, 0.4) is 0 Å². The van der Waals surface area contributed by atoms with Crippen LogP contribution in [-0.4, -0.2) is 42.1 Å². The lowest BCUT2D eigenvalue weighted by Crippen LogP contribution is -2.44. The Morgan fingerprint density at radius 3 is 2.51 bits per heavy atom. The fourth-order valence-electron chi connectivity index (χ4n) is 5.04. The van der Waals surface area contributed by atoms with Crippen molar-refractivity contribution in [2.45, 2.75) is 50.3 Å². The zero-order valence-electron chi connectivity index (χ0n) is 19.7. The summed E-state index contributed by atoms with van der Waals surface area (Å²) in [5, 5.41) is 2.01. The van der Waals surface area contributed by atoms with Gasteiger partial charge >= 0.3 is 0 Å². The van der Waals surface area contributed by atoms with E-state index in [4.69, 9.17) is 37.7 Å². The van der Waals surface area contributed by atoms with E-state index in [2.05, 4.69) is 4.99 Å². The average molecular weight is 532 g/mol. The highest BCUT2D eigenvalue weighted by molar-refractivity contribution is 8.13. The summed E-state index contributed by atoms with van der Waals surface area (Å²) in [5.41, 5.74) is 2.38. The Labute approximate surface area is 219 Å². The molecule has 2 aromatic carbocycles. The standard InChI is InChI=1S/C26H27Cl2N3O3S/c1-33-22-12-18-20(13-23(22)34-2)29-26(35-14-16-11-17(27)8-9-19(16)28)31-21(25(32)30-24(18)31)10-15-6-4-3-5-7-15/h8-9,11-13,15,21H,3-7,10,14H2,1-2H3/t21-/m1/s1. The van der Waals surface area contributed by atoms with Gasteiger partial charge in [0.05, 0.1) is 19.9 Å². The van der Waals surface area contributed by atoms with Gasteiger partial charge in [-0.25, -0.2) is 4.99 Å². The van der Waals surface area contributed by atoms with Crippen LogP contribution in [0.4, 0.5) is 5.69 Å². The maximum Gasteiger partial charge on any atom is 0.270 e. The van der Waals surface area contributed by atoms with Crippen LogP contribution >= 0.6 is 35.0 Å². The number of benzene rings is 2. The summed E-state index contributed by atoms with van der Waals surface area (Å²) < 4.78 is 11.0. The number of fused-ring (bicyclic) bond motifs is 3. The second-order valence-corrected chi connectivity index (χ2v) is 10.8. The van der Waals surface area contributed by atoms with Crippen molar-refractivity contribution in [2.75, 3.05) is 14.2 Å². The Balaban J connectivity index is 1.52. The van der Waals surface area contributed by atoms with Gasteiger partial charge in [0.1, 0.15) is 11.9 Å². The van der Waals surface area contributed by atoms with Gasteiger partial charge in [-0.1, -0.05) is 67.1 Å². The van der Waals surface area contributed by atoms with Crippen molar-refractivity contribution in [1.82, 2.24) is 4.90 Å². The number of rotatable bonds is 6. The van der Waals surface area contributed by atoms with E-state index in [0.717, 1.165) is 35.6 Å². The molecule has 0 spiro atoms. The maximum absolute atomic E-state index is 13.2. The molecule has 2 aliphatic heterocycles. The van der Waals surface area contributed by atoms with Gasteiger partial charge in [0, 0.05) is 27.4 Å². The number of hydrogen-bond acceptors (Lipinski definition) is 6. The molecule has 9 heteroatoms. The molecular formula is C26H27Cl2N3O3S. The summed E-state index contributed by atoms with van der Waals surface area (Å²) in [6, 6.07) is 8.78. The van der Waals surface area contributed by atoms with E-state index in [-0.39, 0.29) is 11.9 Å². The molecule has 5 rings (SSSR count). The van der Waals surface area contributed by atoms with E-state index in [1.54, 1.807) is 26.4 Å². The number of amides is 1. The second kappa shape index (κ2) is 10.4. The first-order valence-corrected chi connectivity index (χ1v) is 13.6. The van der Waals surface area contributed by atoms with E-state index in [1.165, 1.54) is 31.0 Å². The van der Waals surface area contributed by atoms with Gasteiger partial charge in [-0.15, -0.1) is 0 Å². The second-order valence-electron chi connectivity index (χ2n) is 9.04. The molecule has 6 nitrogen and oxygen atoms in total. The summed E-state index contributed by atoms with van der Waals surface area (Å²) in [7, 11) is 3.19. The minimum atomic E-state index is -0.351. The Morgan fingerprint density at radius 2 is 1.77 bits per heavy atom. The topological polar surface area (TPSA) is 63.5 Å². The molecule has 3 aliphatic rings. The van der Waals surface area contributed by atoms with Crippen LogP contribution < -0.4 is 9.47 Å². The number of halogens is 2. The highest BCUT2D eigenvalue weighted by Crippen LogP contribution is 2.43. The number of carbonyl (C=O) groups excluding carboxylic acids is 1. The molecule has 0 N–H and O–H groups in total. The Bertz CT molecular complexity index is 1210. The first kappa shape index (κ1) is 24.5. The van der Waals surface area contributed by atoms with Crippen LogP contribution in [0.5, 0.6) is 11.5 Å². The van der Waals surface area contributed by atoms with Crippen molar-refractivity contribution in [2.24, 2.45) is 15.9 Å². The summed E-state index contributed by atoms with van der Waals surface area (Å²) in [5.74, 6) is 2.76. The quantitative estimate of drug-likeness (QED) is 0.406. The molecule has 0 radical (unpaired) electrons. The normalized spacial score (nSPS) is 19.7. The molecule has 1 aliphatic carbocycles. The van der Waals surface area contributed by atoms with E-state index >= 15 is 0 Å². The molecule has 0 aromatic heterocycles. The number of methoxy groups -OCH3 is 2. The van der Waals surface area contributed by atoms with Crippen molar-refractivity contribution in [3.05, 3.63) is 51.5 Å². The van der Waals surface area contributed by atoms with Gasteiger partial charge in [-0.3, -0.25) is 9.69 Å². The lowest BCUT2D eigenvalue weighted by atomic mass is 9.84. The zero-order chi connectivity index (χ0) is 24.5. The Morgan fingerprint density at radius 1 is 1.03 bits per heavy atom. The first-order chi connectivity index (χ1) is 17.0. The number of carbonyl (C=O) groups is 1. The number of aliphatic imine (C=N–C) groups is 2. The van der Waals surface area contributed by atoms with Gasteiger partial charge in [-0.05, 0) is 42.2 Å². The van der Waals surface area contributed by atoms with Crippen LogP contribution in [0.25, 0.3) is 0 Å². The third-order valence-electron chi connectivity index (χ3n) is 6.85. The van der Waals surface area contributed by atoms with Crippen molar-refractivity contribution in [1.29, 1.82) is 0 Å². The smallest absolute Gasteiger partial charge is 0.270 e. The molecule has 1 amide bonds. The number of thioether (sulfide) groups is 1. The van der Waals surface area contributed by atoms with Gasteiger partial charge in [0.2, 0.25) is 0 Å². The number of amidine groups is 2. The minimum absolute atomic E-state index is 0.109. The summed E-state index contributed by atoms with van der Waals surface area (Å²) in [4.78, 5) is 24.8. The highest BCUT2D eigenvalue weighted by atomic mass is 35.5. The summed E-state index contributed by atoms with van der Waals surface area (Å²) in [6.07, 6.45) is 6.83. The molecule has 1 atom stereocenters. The van der Waals surface area contributed by atoms with E-state index in [9.17, 15) is 4.79 Å². The van der Waals surface area contributed by atoms with Crippen LogP contribution in [0.1, 0.15) is 49.7 Å². The molecule has 1 fully saturated rings. The van der Waals surface area contributed by atoms with Gasteiger partial charge in [0.15, 0.2) is 16.7 Å². The lowest BCUT2D eigenvalue weighted by molar-refractivity contribution is -0.120. The SMILES string of the molecule is COc1cc2c(cc1OC)C1=NC(=O)[C@@H](CC3CCCCC3)N1C(SCc1cc(Cl)ccc1Cl)=N2. The van der Waals surface area contributed by atoms with Crippen LogP contribution in [0.2, 0.25) is 10.0 Å². The molecule has 0 bridgehead atoms. The summed E-state index contributed by atoms with van der Waals surface area (Å²) in [6.45, 7) is 0. The maximum atomic E-state index is 13.2. The third kappa shape index (κ3) is 4.91. The Hall–Kier alpha value is -2.22. The number of hydrogen-bond donors (Lipinski definition) is 0. The molecule has 0 unspecified atom stereocenters. The van der Waals surface area contributed by atoms with Crippen LogP contribution in [-0.2, 0) is 10.5 Å². The molecule has 0 saturated heterocycles. The van der Waals surface area contributed by atoms with Crippen molar-refractivity contribution in [3.63, 3.8) is 0 Å². The average Bonchev–Trinajstić information content (AvgIpc) is 3.20. The van der Waals surface area contributed by atoms with E-state index in [1.807, 2.05) is 23.1 Å². The highest BCUT2D eigenvalue weighted by Gasteiger charge is 2.43. The fraction of sp³-hybridized carbons (Fsp3) is 0.423. The fourth-order valence-corrected chi connectivity index (χ4v) is 6.54. The molecule has 184 valence electrons. The van der Waals surface area contributed by atoms with Crippen LogP contribution in [0.15, 0.2) is 40.3 Å². The van der Waals surface area contributed by atoms with E-state index in [0.29, 0.717) is 44.7 Å². The Kier molecular flexibility index (Phi) is 7.28. The van der Waals surface area contributed by atoms with Crippen LogP contribution in [0, 0.1) is 5.92 Å². The first-order valence-electron chi connectivity index (χ1n) is 11.8. The lowest BCUT2D eigenvalue weighted by Gasteiger charge is -2.33. The summed E-state index contributed by atoms with van der Waals surface area (Å²) >= 11 is 14.2. The minimum Gasteiger partial charge on any atom is -0.493 e. The number of nitrogens with zero attached hydrogens (tertiary/aromatic N) is 3. The molecule has 2 heterocycles. The molecule has 2 aromatic rings. The predicted octanol–water partition coefficient (Wildman–Crippen LogP) is 6.87. The third-order valence-corrected chi connectivity index (χ3v) is 8.46. The van der Waals surface area contributed by atoms with Gasteiger partial charge in [0.25, 0.3) is 5.91 Å². The monoisotopic (exact) mass is 531 g/mol. The largest absolute Gasteiger partial charge is 0.493 e.